The second-order valence-corrected chi connectivity index (χ2v) is 13.6. The van der Waals surface area contributed by atoms with Gasteiger partial charge in [0, 0.05) is 46.7 Å². The highest BCUT2D eigenvalue weighted by atomic mass is 16.5. The fourth-order valence-electron chi connectivity index (χ4n) is 5.93. The molecule has 0 radical (unpaired) electrons. The number of para-hydroxylation sites is 2. The van der Waals surface area contributed by atoms with Gasteiger partial charge < -0.3 is 14.5 Å². The number of benzene rings is 3. The number of hydrogen-bond donors (Lipinski definition) is 0. The second kappa shape index (κ2) is 10.1. The third-order valence-electron chi connectivity index (χ3n) is 8.38. The standard InChI is InChI=1S/C38H39N5O/c1-37(2,3)25-16-18-39-35(21-25)43-33-13-10-17-40-36(33)30-15-14-28(23-34(30)43)44-29-20-26(38(4,5)6)19-27(22-29)42-24-41(7)31-11-8-9-12-32(31)42/h8-23H,24H2,1-7H3/i7D3. The molecule has 1 aliphatic rings. The zero-order valence-electron chi connectivity index (χ0n) is 29.1. The molecule has 0 bridgehead atoms. The smallest absolute Gasteiger partial charge is 0.137 e. The van der Waals surface area contributed by atoms with Crippen LogP contribution in [0.4, 0.5) is 17.1 Å². The predicted molar refractivity (Wildman–Crippen MR) is 182 cm³/mol. The van der Waals surface area contributed by atoms with Crippen molar-refractivity contribution in [3.63, 3.8) is 0 Å². The molecular weight excluding hydrogens is 542 g/mol. The molecule has 0 N–H and O–H groups in total. The Hall–Kier alpha value is -4.84. The lowest BCUT2D eigenvalue weighted by molar-refractivity contribution is 0.479. The van der Waals surface area contributed by atoms with Crippen molar-refractivity contribution in [2.45, 2.75) is 52.4 Å². The van der Waals surface area contributed by atoms with Crippen LogP contribution >= 0.6 is 0 Å². The van der Waals surface area contributed by atoms with Gasteiger partial charge in [0.1, 0.15) is 17.3 Å². The minimum Gasteiger partial charge on any atom is -0.457 e. The lowest BCUT2D eigenvalue weighted by Crippen LogP contribution is -2.24. The molecule has 44 heavy (non-hydrogen) atoms. The van der Waals surface area contributed by atoms with Gasteiger partial charge in [0.25, 0.3) is 0 Å². The molecule has 0 unspecified atom stereocenters. The number of nitrogens with zero attached hydrogens (tertiary/aromatic N) is 5. The lowest BCUT2D eigenvalue weighted by Gasteiger charge is -2.25. The van der Waals surface area contributed by atoms with Crippen molar-refractivity contribution in [3.8, 4) is 17.3 Å². The third-order valence-corrected chi connectivity index (χ3v) is 8.38. The number of rotatable bonds is 4. The van der Waals surface area contributed by atoms with Crippen LogP contribution in [0.5, 0.6) is 11.5 Å². The minimum atomic E-state index is -2.27. The molecule has 0 amide bonds. The molecule has 1 aliphatic heterocycles. The molecule has 6 heteroatoms. The summed E-state index contributed by atoms with van der Waals surface area (Å²) in [6.07, 6.45) is 3.69. The Labute approximate surface area is 263 Å². The minimum absolute atomic E-state index is 0.0326. The van der Waals surface area contributed by atoms with Crippen LogP contribution in [0.25, 0.3) is 27.8 Å². The quantitative estimate of drug-likeness (QED) is 0.206. The van der Waals surface area contributed by atoms with Crippen LogP contribution in [0.3, 0.4) is 0 Å². The Morgan fingerprint density at radius 1 is 0.705 bits per heavy atom. The van der Waals surface area contributed by atoms with E-state index in [4.69, 9.17) is 18.8 Å². The van der Waals surface area contributed by atoms with E-state index in [9.17, 15) is 0 Å². The Morgan fingerprint density at radius 2 is 1.50 bits per heavy atom. The zero-order chi connectivity index (χ0) is 33.3. The molecule has 7 rings (SSSR count). The van der Waals surface area contributed by atoms with E-state index in [0.717, 1.165) is 44.7 Å². The first kappa shape index (κ1) is 24.6. The maximum absolute atomic E-state index is 8.17. The highest BCUT2D eigenvalue weighted by Crippen LogP contribution is 2.43. The number of fused-ring (bicyclic) bond motifs is 4. The van der Waals surface area contributed by atoms with E-state index in [2.05, 4.69) is 82.5 Å². The van der Waals surface area contributed by atoms with Gasteiger partial charge in [-0.05, 0) is 82.6 Å². The van der Waals surface area contributed by atoms with Gasteiger partial charge in [0.2, 0.25) is 0 Å². The fraction of sp³-hybridized carbons (Fsp3) is 0.263. The van der Waals surface area contributed by atoms with E-state index < -0.39 is 6.98 Å². The van der Waals surface area contributed by atoms with Crippen LogP contribution in [0.15, 0.2) is 97.3 Å². The van der Waals surface area contributed by atoms with Gasteiger partial charge in [0.15, 0.2) is 0 Å². The van der Waals surface area contributed by atoms with Crippen molar-refractivity contribution in [3.05, 3.63) is 108 Å². The Kier molecular flexibility index (Phi) is 5.65. The maximum Gasteiger partial charge on any atom is 0.137 e. The monoisotopic (exact) mass is 584 g/mol. The van der Waals surface area contributed by atoms with Crippen LogP contribution in [0, 0.1) is 0 Å². The van der Waals surface area contributed by atoms with Crippen molar-refractivity contribution in [1.82, 2.24) is 14.5 Å². The van der Waals surface area contributed by atoms with Gasteiger partial charge in [-0.1, -0.05) is 53.7 Å². The van der Waals surface area contributed by atoms with E-state index in [1.54, 1.807) is 0 Å². The molecule has 6 nitrogen and oxygen atoms in total. The zero-order valence-corrected chi connectivity index (χ0v) is 26.1. The predicted octanol–water partition coefficient (Wildman–Crippen LogP) is 9.51. The summed E-state index contributed by atoms with van der Waals surface area (Å²) in [5, 5.41) is 1.01. The second-order valence-electron chi connectivity index (χ2n) is 13.6. The van der Waals surface area contributed by atoms with Crippen molar-refractivity contribution >= 4 is 39.0 Å². The number of anilines is 3. The molecule has 0 aliphatic carbocycles. The Morgan fingerprint density at radius 3 is 2.27 bits per heavy atom. The molecule has 6 aromatic rings. The van der Waals surface area contributed by atoms with Crippen LogP contribution in [0.2, 0.25) is 0 Å². The van der Waals surface area contributed by atoms with E-state index in [0.29, 0.717) is 17.2 Å². The molecular formula is C38H39N5O. The number of hydrogen-bond acceptors (Lipinski definition) is 5. The molecule has 0 atom stereocenters. The number of ether oxygens (including phenoxy) is 1. The maximum atomic E-state index is 8.17. The van der Waals surface area contributed by atoms with Gasteiger partial charge in [-0.2, -0.15) is 0 Å². The van der Waals surface area contributed by atoms with E-state index >= 15 is 0 Å². The van der Waals surface area contributed by atoms with Gasteiger partial charge in [-0.15, -0.1) is 0 Å². The topological polar surface area (TPSA) is 46.4 Å². The first-order valence-corrected chi connectivity index (χ1v) is 15.0. The first-order valence-electron chi connectivity index (χ1n) is 16.5. The van der Waals surface area contributed by atoms with E-state index in [-0.39, 0.29) is 17.5 Å². The summed E-state index contributed by atoms with van der Waals surface area (Å²) in [6, 6.07) is 28.2. The van der Waals surface area contributed by atoms with Gasteiger partial charge >= 0.3 is 0 Å². The normalized spacial score (nSPS) is 14.9. The van der Waals surface area contributed by atoms with Crippen molar-refractivity contribution < 1.29 is 8.85 Å². The highest BCUT2D eigenvalue weighted by molar-refractivity contribution is 6.07. The molecule has 0 fully saturated rings. The summed E-state index contributed by atoms with van der Waals surface area (Å²) >= 11 is 0. The SMILES string of the molecule is [2H]C([2H])([2H])N1CN(c2cc(Oc3ccc4c5ncccc5n(-c5cc(C(C)(C)C)ccn5)c4c3)cc(C(C)(C)C)c2)c2ccccc21. The number of aromatic nitrogens is 3. The molecule has 3 aromatic heterocycles. The van der Waals surface area contributed by atoms with Crippen molar-refractivity contribution in [2.75, 3.05) is 23.4 Å². The third kappa shape index (κ3) is 4.84. The van der Waals surface area contributed by atoms with Gasteiger partial charge in [-0.25, -0.2) is 4.98 Å². The number of pyridine rings is 2. The Bertz CT molecular complexity index is 2140. The first-order chi connectivity index (χ1) is 22.2. The summed E-state index contributed by atoms with van der Waals surface area (Å²) < 4.78 is 33.3. The summed E-state index contributed by atoms with van der Waals surface area (Å²) in [6.45, 7) is 11.0. The van der Waals surface area contributed by atoms with Crippen LogP contribution in [0.1, 0.15) is 56.8 Å². The summed E-state index contributed by atoms with van der Waals surface area (Å²) in [4.78, 5) is 13.0. The average Bonchev–Trinajstić information content (AvgIpc) is 3.57. The largest absolute Gasteiger partial charge is 0.457 e. The van der Waals surface area contributed by atoms with Crippen molar-refractivity contribution in [2.24, 2.45) is 0 Å². The summed E-state index contributed by atoms with van der Waals surface area (Å²) in [5.74, 6) is 2.17. The Balaban J connectivity index is 1.34. The fourth-order valence-corrected chi connectivity index (χ4v) is 5.93. The summed E-state index contributed by atoms with van der Waals surface area (Å²) in [7, 11) is 0. The lowest BCUT2D eigenvalue weighted by atomic mass is 9.86. The van der Waals surface area contributed by atoms with E-state index in [1.165, 1.54) is 10.5 Å². The van der Waals surface area contributed by atoms with Crippen molar-refractivity contribution in [1.29, 1.82) is 0 Å². The molecule has 3 aromatic carbocycles. The van der Waals surface area contributed by atoms with E-state index in [1.807, 2.05) is 65.8 Å². The van der Waals surface area contributed by atoms with Gasteiger partial charge in [0.05, 0.1) is 34.6 Å². The van der Waals surface area contributed by atoms with Crippen LogP contribution < -0.4 is 14.5 Å². The average molecular weight is 585 g/mol. The van der Waals surface area contributed by atoms with Crippen LogP contribution in [-0.4, -0.2) is 28.2 Å². The van der Waals surface area contributed by atoms with Crippen LogP contribution in [-0.2, 0) is 10.8 Å². The van der Waals surface area contributed by atoms with Gasteiger partial charge in [-0.3, -0.25) is 9.55 Å². The summed E-state index contributed by atoms with van der Waals surface area (Å²) in [5.41, 5.74) is 7.30. The molecule has 0 saturated carbocycles. The highest BCUT2D eigenvalue weighted by Gasteiger charge is 2.26. The molecule has 222 valence electrons. The molecule has 4 heterocycles. The molecule has 0 saturated heterocycles. The molecule has 0 spiro atoms.